The molecule has 6 nitrogen and oxygen atoms in total. The van der Waals surface area contributed by atoms with E-state index < -0.39 is 0 Å². The quantitative estimate of drug-likeness (QED) is 0.612. The number of aromatic nitrogens is 1. The lowest BCUT2D eigenvalue weighted by Crippen LogP contribution is -2.43. The highest BCUT2D eigenvalue weighted by atomic mass is 16.5. The van der Waals surface area contributed by atoms with E-state index >= 15 is 0 Å². The van der Waals surface area contributed by atoms with Crippen LogP contribution in [-0.4, -0.2) is 49.1 Å². The Labute approximate surface area is 171 Å². The van der Waals surface area contributed by atoms with Crippen LogP contribution in [0.4, 0.5) is 6.01 Å². The van der Waals surface area contributed by atoms with Crippen LogP contribution < -0.4 is 4.90 Å². The average Bonchev–Trinajstić information content (AvgIpc) is 3.21. The Morgan fingerprint density at radius 2 is 1.86 bits per heavy atom. The normalized spacial score (nSPS) is 15.0. The zero-order valence-electron chi connectivity index (χ0n) is 16.8. The van der Waals surface area contributed by atoms with Crippen molar-refractivity contribution in [2.45, 2.75) is 19.4 Å². The van der Waals surface area contributed by atoms with Gasteiger partial charge in [0.2, 0.25) is 5.91 Å². The van der Waals surface area contributed by atoms with Gasteiger partial charge in [-0.1, -0.05) is 42.5 Å². The third kappa shape index (κ3) is 4.59. The molecule has 152 valence electrons. The van der Waals surface area contributed by atoms with Crippen molar-refractivity contribution < 1.29 is 13.9 Å². The van der Waals surface area contributed by atoms with E-state index in [1.165, 1.54) is 0 Å². The Morgan fingerprint density at radius 1 is 1.14 bits per heavy atom. The van der Waals surface area contributed by atoms with E-state index in [0.29, 0.717) is 25.7 Å². The summed E-state index contributed by atoms with van der Waals surface area (Å²) in [5, 5.41) is 0. The van der Waals surface area contributed by atoms with Crippen molar-refractivity contribution in [1.29, 1.82) is 0 Å². The average molecular weight is 393 g/mol. The maximum Gasteiger partial charge on any atom is 0.298 e. The molecule has 1 aliphatic heterocycles. The van der Waals surface area contributed by atoms with Crippen LogP contribution in [0.15, 0.2) is 59.0 Å². The summed E-state index contributed by atoms with van der Waals surface area (Å²) in [6, 6.07) is 18.6. The molecule has 6 heteroatoms. The lowest BCUT2D eigenvalue weighted by Gasteiger charge is -2.33. The molecule has 0 bridgehead atoms. The van der Waals surface area contributed by atoms with Crippen molar-refractivity contribution in [3.05, 3.63) is 60.2 Å². The lowest BCUT2D eigenvalue weighted by atomic mass is 9.95. The Bertz CT molecular complexity index is 900. The summed E-state index contributed by atoms with van der Waals surface area (Å²) in [7, 11) is 1.67. The molecule has 0 aliphatic carbocycles. The molecule has 2 aromatic carbocycles. The number of oxazole rings is 1. The minimum atomic E-state index is 0.0243. The number of amides is 1. The van der Waals surface area contributed by atoms with Crippen molar-refractivity contribution in [2.75, 3.05) is 38.3 Å². The zero-order chi connectivity index (χ0) is 20.1. The van der Waals surface area contributed by atoms with Gasteiger partial charge in [0.25, 0.3) is 6.01 Å². The smallest absolute Gasteiger partial charge is 0.298 e. The van der Waals surface area contributed by atoms with E-state index in [4.69, 9.17) is 9.15 Å². The highest BCUT2D eigenvalue weighted by Gasteiger charge is 2.30. The van der Waals surface area contributed by atoms with Crippen LogP contribution in [0.25, 0.3) is 11.1 Å². The molecule has 0 spiro atoms. The standard InChI is InChI=1S/C23H27N3O3/c1-28-16-15-26(17-18-7-3-2-4-8-18)22(27)19-11-13-25(14-12-19)23-24-20-9-5-6-10-21(20)29-23/h2-10,19H,11-17H2,1H3. The third-order valence-electron chi connectivity index (χ3n) is 5.49. The van der Waals surface area contributed by atoms with Gasteiger partial charge in [-0.2, -0.15) is 4.98 Å². The zero-order valence-corrected chi connectivity index (χ0v) is 16.8. The second-order valence-electron chi connectivity index (χ2n) is 7.46. The molecule has 3 aromatic rings. The molecular weight excluding hydrogens is 366 g/mol. The number of carbonyl (C=O) groups excluding carboxylic acids is 1. The van der Waals surface area contributed by atoms with Gasteiger partial charge in [-0.3, -0.25) is 4.79 Å². The van der Waals surface area contributed by atoms with Crippen LogP contribution in [0, 0.1) is 5.92 Å². The number of carbonyl (C=O) groups is 1. The fourth-order valence-electron chi connectivity index (χ4n) is 3.84. The molecular formula is C23H27N3O3. The minimum absolute atomic E-state index is 0.0243. The van der Waals surface area contributed by atoms with Gasteiger partial charge in [0.1, 0.15) is 5.52 Å². The Hall–Kier alpha value is -2.86. The van der Waals surface area contributed by atoms with Gasteiger partial charge in [0.15, 0.2) is 5.58 Å². The SMILES string of the molecule is COCCN(Cc1ccccc1)C(=O)C1CCN(c2nc3ccccc3o2)CC1. The fourth-order valence-corrected chi connectivity index (χ4v) is 3.84. The number of hydrogen-bond donors (Lipinski definition) is 0. The highest BCUT2D eigenvalue weighted by Crippen LogP contribution is 2.27. The lowest BCUT2D eigenvalue weighted by molar-refractivity contribution is -0.137. The van der Waals surface area contributed by atoms with Gasteiger partial charge < -0.3 is 19.0 Å². The number of ether oxygens (including phenoxy) is 1. The minimum Gasteiger partial charge on any atom is -0.423 e. The molecule has 1 aliphatic rings. The van der Waals surface area contributed by atoms with Crippen molar-refractivity contribution in [3.63, 3.8) is 0 Å². The molecule has 0 radical (unpaired) electrons. The molecule has 1 aromatic heterocycles. The topological polar surface area (TPSA) is 58.8 Å². The van der Waals surface area contributed by atoms with E-state index in [1.807, 2.05) is 47.4 Å². The highest BCUT2D eigenvalue weighted by molar-refractivity contribution is 5.79. The monoisotopic (exact) mass is 393 g/mol. The number of nitrogens with zero attached hydrogens (tertiary/aromatic N) is 3. The first kappa shape index (κ1) is 19.5. The van der Waals surface area contributed by atoms with Crippen molar-refractivity contribution in [1.82, 2.24) is 9.88 Å². The summed E-state index contributed by atoms with van der Waals surface area (Å²) in [6.07, 6.45) is 1.60. The molecule has 2 heterocycles. The first-order valence-electron chi connectivity index (χ1n) is 10.2. The number of para-hydroxylation sites is 2. The predicted octanol–water partition coefficient (Wildman–Crippen LogP) is 3.72. The second kappa shape index (κ2) is 9.09. The number of methoxy groups -OCH3 is 1. The van der Waals surface area contributed by atoms with Gasteiger partial charge >= 0.3 is 0 Å². The van der Waals surface area contributed by atoms with Crippen LogP contribution in [0.2, 0.25) is 0 Å². The second-order valence-corrected chi connectivity index (χ2v) is 7.46. The van der Waals surface area contributed by atoms with E-state index in [-0.39, 0.29) is 11.8 Å². The summed E-state index contributed by atoms with van der Waals surface area (Å²) >= 11 is 0. The summed E-state index contributed by atoms with van der Waals surface area (Å²) < 4.78 is 11.1. The Balaban J connectivity index is 1.39. The predicted molar refractivity (Wildman–Crippen MR) is 113 cm³/mol. The van der Waals surface area contributed by atoms with Crippen LogP contribution in [0.1, 0.15) is 18.4 Å². The molecule has 1 saturated heterocycles. The van der Waals surface area contributed by atoms with E-state index in [1.54, 1.807) is 7.11 Å². The summed E-state index contributed by atoms with van der Waals surface area (Å²) in [5.74, 6) is 0.235. The van der Waals surface area contributed by atoms with Gasteiger partial charge in [-0.25, -0.2) is 0 Å². The fraction of sp³-hybridized carbons (Fsp3) is 0.391. The van der Waals surface area contributed by atoms with Crippen molar-refractivity contribution in [3.8, 4) is 0 Å². The largest absolute Gasteiger partial charge is 0.423 e. The number of benzene rings is 2. The molecule has 1 amide bonds. The molecule has 4 rings (SSSR count). The van der Waals surface area contributed by atoms with Gasteiger partial charge in [0.05, 0.1) is 6.61 Å². The summed E-state index contributed by atoms with van der Waals surface area (Å²) in [4.78, 5) is 21.9. The number of rotatable bonds is 7. The molecule has 0 N–H and O–H groups in total. The summed E-state index contributed by atoms with van der Waals surface area (Å²) in [6.45, 7) is 3.31. The Morgan fingerprint density at radius 3 is 2.59 bits per heavy atom. The van der Waals surface area contributed by atoms with Crippen LogP contribution in [0.5, 0.6) is 0 Å². The van der Waals surface area contributed by atoms with E-state index in [0.717, 1.165) is 42.6 Å². The van der Waals surface area contributed by atoms with Crippen LogP contribution in [0.3, 0.4) is 0 Å². The molecule has 1 fully saturated rings. The number of fused-ring (bicyclic) bond motifs is 1. The first-order chi connectivity index (χ1) is 14.2. The first-order valence-corrected chi connectivity index (χ1v) is 10.2. The van der Waals surface area contributed by atoms with Gasteiger partial charge in [-0.15, -0.1) is 0 Å². The van der Waals surface area contributed by atoms with E-state index in [9.17, 15) is 4.79 Å². The number of anilines is 1. The van der Waals surface area contributed by atoms with E-state index in [2.05, 4.69) is 22.0 Å². The van der Waals surface area contributed by atoms with Crippen molar-refractivity contribution in [2.24, 2.45) is 5.92 Å². The molecule has 29 heavy (non-hydrogen) atoms. The number of piperidine rings is 1. The Kier molecular flexibility index (Phi) is 6.10. The molecule has 0 atom stereocenters. The van der Waals surface area contributed by atoms with Gasteiger partial charge in [-0.05, 0) is 30.5 Å². The summed E-state index contributed by atoms with van der Waals surface area (Å²) in [5.41, 5.74) is 2.81. The maximum absolute atomic E-state index is 13.2. The molecule has 0 saturated carbocycles. The van der Waals surface area contributed by atoms with Crippen LogP contribution in [-0.2, 0) is 16.1 Å². The molecule has 0 unspecified atom stereocenters. The van der Waals surface area contributed by atoms with Crippen LogP contribution >= 0.6 is 0 Å². The van der Waals surface area contributed by atoms with Crippen molar-refractivity contribution >= 4 is 23.0 Å². The van der Waals surface area contributed by atoms with Gasteiger partial charge in [0, 0.05) is 39.2 Å². The maximum atomic E-state index is 13.2. The number of hydrogen-bond acceptors (Lipinski definition) is 5. The third-order valence-corrected chi connectivity index (χ3v) is 5.49.